The SMILES string of the molecule is CCCCCCC(C)(CCCCC)C1CCC(N)CC1. The van der Waals surface area contributed by atoms with Gasteiger partial charge < -0.3 is 5.73 Å². The van der Waals surface area contributed by atoms with Gasteiger partial charge in [-0.3, -0.25) is 0 Å². The van der Waals surface area contributed by atoms with Crippen LogP contribution in [0.15, 0.2) is 0 Å². The van der Waals surface area contributed by atoms with Crippen molar-refractivity contribution in [3.8, 4) is 0 Å². The van der Waals surface area contributed by atoms with Crippen LogP contribution in [0.5, 0.6) is 0 Å². The molecule has 0 bridgehead atoms. The van der Waals surface area contributed by atoms with Crippen LogP contribution in [0, 0.1) is 11.3 Å². The molecule has 1 rings (SSSR count). The summed E-state index contributed by atoms with van der Waals surface area (Å²) in [6.07, 6.45) is 18.1. The van der Waals surface area contributed by atoms with Crippen LogP contribution in [0.2, 0.25) is 0 Å². The van der Waals surface area contributed by atoms with Crippen molar-refractivity contribution in [3.63, 3.8) is 0 Å². The molecule has 1 heteroatoms. The monoisotopic (exact) mass is 281 g/mol. The maximum Gasteiger partial charge on any atom is 0.00390 e. The molecule has 1 nitrogen and oxygen atoms in total. The smallest absolute Gasteiger partial charge is 0.00390 e. The molecule has 20 heavy (non-hydrogen) atoms. The number of rotatable bonds is 10. The van der Waals surface area contributed by atoms with Crippen LogP contribution in [-0.2, 0) is 0 Å². The lowest BCUT2D eigenvalue weighted by molar-refractivity contribution is 0.100. The van der Waals surface area contributed by atoms with E-state index in [1.54, 1.807) is 0 Å². The molecule has 0 aromatic heterocycles. The van der Waals surface area contributed by atoms with Gasteiger partial charge in [-0.05, 0) is 49.9 Å². The van der Waals surface area contributed by atoms with Crippen molar-refractivity contribution in [2.75, 3.05) is 0 Å². The Hall–Kier alpha value is -0.0400. The van der Waals surface area contributed by atoms with E-state index < -0.39 is 0 Å². The lowest BCUT2D eigenvalue weighted by atomic mass is 9.64. The van der Waals surface area contributed by atoms with Gasteiger partial charge in [0.1, 0.15) is 0 Å². The Morgan fingerprint density at radius 3 is 1.85 bits per heavy atom. The summed E-state index contributed by atoms with van der Waals surface area (Å²) in [5.74, 6) is 0.945. The zero-order chi connectivity index (χ0) is 14.8. The molecule has 0 aliphatic heterocycles. The summed E-state index contributed by atoms with van der Waals surface area (Å²) in [6, 6.07) is 0.492. The van der Waals surface area contributed by atoms with E-state index in [1.807, 2.05) is 0 Å². The fraction of sp³-hybridized carbons (Fsp3) is 1.00. The molecule has 0 amide bonds. The predicted octanol–water partition coefficient (Wildman–Crippen LogP) is 6.06. The molecule has 2 N–H and O–H groups in total. The van der Waals surface area contributed by atoms with Gasteiger partial charge in [-0.2, -0.15) is 0 Å². The molecule has 0 spiro atoms. The van der Waals surface area contributed by atoms with Crippen molar-refractivity contribution in [2.45, 2.75) is 110 Å². The van der Waals surface area contributed by atoms with Crippen LogP contribution in [0.1, 0.15) is 104 Å². The molecule has 1 fully saturated rings. The zero-order valence-electron chi connectivity index (χ0n) is 14.4. The largest absolute Gasteiger partial charge is 0.328 e. The topological polar surface area (TPSA) is 26.0 Å². The molecule has 0 radical (unpaired) electrons. The molecular formula is C19H39N. The van der Waals surface area contributed by atoms with Gasteiger partial charge in [0.25, 0.3) is 0 Å². The van der Waals surface area contributed by atoms with Gasteiger partial charge in [0, 0.05) is 6.04 Å². The van der Waals surface area contributed by atoms with E-state index in [1.165, 1.54) is 83.5 Å². The molecule has 1 aliphatic carbocycles. The summed E-state index contributed by atoms with van der Waals surface area (Å²) in [6.45, 7) is 7.22. The quantitative estimate of drug-likeness (QED) is 0.484. The van der Waals surface area contributed by atoms with E-state index in [4.69, 9.17) is 5.73 Å². The Morgan fingerprint density at radius 2 is 1.30 bits per heavy atom. The highest BCUT2D eigenvalue weighted by Crippen LogP contribution is 2.45. The van der Waals surface area contributed by atoms with Crippen LogP contribution in [-0.4, -0.2) is 6.04 Å². The van der Waals surface area contributed by atoms with Gasteiger partial charge in [0.2, 0.25) is 0 Å². The highest BCUT2D eigenvalue weighted by molar-refractivity contribution is 4.87. The third-order valence-corrected chi connectivity index (χ3v) is 5.71. The van der Waals surface area contributed by atoms with Crippen LogP contribution in [0.25, 0.3) is 0 Å². The van der Waals surface area contributed by atoms with Crippen molar-refractivity contribution in [1.82, 2.24) is 0 Å². The molecule has 0 saturated heterocycles. The van der Waals surface area contributed by atoms with Crippen LogP contribution >= 0.6 is 0 Å². The first-order chi connectivity index (χ1) is 9.62. The maximum atomic E-state index is 6.10. The molecular weight excluding hydrogens is 242 g/mol. The Morgan fingerprint density at radius 1 is 0.800 bits per heavy atom. The van der Waals surface area contributed by atoms with Crippen LogP contribution in [0.3, 0.4) is 0 Å². The fourth-order valence-corrected chi connectivity index (χ4v) is 4.08. The fourth-order valence-electron chi connectivity index (χ4n) is 4.08. The lowest BCUT2D eigenvalue weighted by Crippen LogP contribution is -2.35. The van der Waals surface area contributed by atoms with Gasteiger partial charge in [0.05, 0.1) is 0 Å². The summed E-state index contributed by atoms with van der Waals surface area (Å²) in [7, 11) is 0. The van der Waals surface area contributed by atoms with Crippen molar-refractivity contribution in [2.24, 2.45) is 17.1 Å². The highest BCUT2D eigenvalue weighted by atomic mass is 14.6. The second-order valence-electron chi connectivity index (χ2n) is 7.53. The first-order valence-electron chi connectivity index (χ1n) is 9.38. The molecule has 0 aromatic rings. The second kappa shape index (κ2) is 9.82. The summed E-state index contributed by atoms with van der Waals surface area (Å²) >= 11 is 0. The van der Waals surface area contributed by atoms with Gasteiger partial charge >= 0.3 is 0 Å². The average molecular weight is 282 g/mol. The minimum Gasteiger partial charge on any atom is -0.328 e. The molecule has 120 valence electrons. The molecule has 1 saturated carbocycles. The molecule has 1 unspecified atom stereocenters. The third kappa shape index (κ3) is 6.16. The number of hydrogen-bond donors (Lipinski definition) is 1. The lowest BCUT2D eigenvalue weighted by Gasteiger charge is -2.42. The first-order valence-corrected chi connectivity index (χ1v) is 9.38. The van der Waals surface area contributed by atoms with E-state index in [0.29, 0.717) is 11.5 Å². The Bertz CT molecular complexity index is 230. The van der Waals surface area contributed by atoms with Crippen molar-refractivity contribution < 1.29 is 0 Å². The predicted molar refractivity (Wildman–Crippen MR) is 90.9 cm³/mol. The Balaban J connectivity index is 2.48. The minimum absolute atomic E-state index is 0.492. The van der Waals surface area contributed by atoms with E-state index in [-0.39, 0.29) is 0 Å². The summed E-state index contributed by atoms with van der Waals surface area (Å²) < 4.78 is 0. The third-order valence-electron chi connectivity index (χ3n) is 5.71. The minimum atomic E-state index is 0.492. The van der Waals surface area contributed by atoms with E-state index in [2.05, 4.69) is 20.8 Å². The van der Waals surface area contributed by atoms with Gasteiger partial charge in [-0.15, -0.1) is 0 Å². The van der Waals surface area contributed by atoms with Crippen LogP contribution in [0.4, 0.5) is 0 Å². The average Bonchev–Trinajstić information content (AvgIpc) is 2.45. The van der Waals surface area contributed by atoms with Gasteiger partial charge in [-0.1, -0.05) is 65.7 Å². The van der Waals surface area contributed by atoms with E-state index >= 15 is 0 Å². The van der Waals surface area contributed by atoms with Crippen molar-refractivity contribution in [1.29, 1.82) is 0 Å². The first kappa shape index (κ1) is 18.0. The molecule has 1 aliphatic rings. The Kier molecular flexibility index (Phi) is 8.84. The summed E-state index contributed by atoms with van der Waals surface area (Å²) in [5.41, 5.74) is 6.70. The number of unbranched alkanes of at least 4 members (excludes halogenated alkanes) is 5. The second-order valence-corrected chi connectivity index (χ2v) is 7.53. The van der Waals surface area contributed by atoms with Gasteiger partial charge in [0.15, 0.2) is 0 Å². The van der Waals surface area contributed by atoms with Crippen LogP contribution < -0.4 is 5.73 Å². The highest BCUT2D eigenvalue weighted by Gasteiger charge is 2.35. The number of nitrogens with two attached hydrogens (primary N) is 1. The molecule has 0 aromatic carbocycles. The van der Waals surface area contributed by atoms with Gasteiger partial charge in [-0.25, -0.2) is 0 Å². The summed E-state index contributed by atoms with van der Waals surface area (Å²) in [5, 5.41) is 0. The van der Waals surface area contributed by atoms with E-state index in [0.717, 1.165) is 5.92 Å². The van der Waals surface area contributed by atoms with Crippen molar-refractivity contribution in [3.05, 3.63) is 0 Å². The number of hydrogen-bond acceptors (Lipinski definition) is 1. The molecule has 0 heterocycles. The molecule has 1 atom stereocenters. The zero-order valence-corrected chi connectivity index (χ0v) is 14.4. The standard InChI is InChI=1S/C19H39N/c1-4-6-8-10-16-19(3,15-9-7-5-2)17-11-13-18(20)14-12-17/h17-18H,4-16,20H2,1-3H3. The summed E-state index contributed by atoms with van der Waals surface area (Å²) in [4.78, 5) is 0. The normalized spacial score (nSPS) is 26.4. The Labute approximate surface area is 128 Å². The van der Waals surface area contributed by atoms with Crippen molar-refractivity contribution >= 4 is 0 Å². The maximum absolute atomic E-state index is 6.10. The van der Waals surface area contributed by atoms with E-state index in [9.17, 15) is 0 Å².